The molecule has 3 unspecified atom stereocenters. The molecule has 8 heavy (non-hydrogen) atoms. The van der Waals surface area contributed by atoms with Gasteiger partial charge in [-0.05, 0) is 19.3 Å². The normalized spacial score (nSPS) is 52.9. The predicted molar refractivity (Wildman–Crippen MR) is 35.0 cm³/mol. The molecule has 0 amide bonds. The minimum Gasteiger partial charge on any atom is -0.392 e. The molecule has 46 valence electrons. The molecule has 1 aliphatic carbocycles. The Morgan fingerprint density at radius 2 is 2.25 bits per heavy atom. The Bertz CT molecular complexity index is 105. The molecule has 0 aromatic heterocycles. The third-order valence-corrected chi connectivity index (χ3v) is 3.51. The Morgan fingerprint density at radius 3 is 2.88 bits per heavy atom. The van der Waals surface area contributed by atoms with Crippen LogP contribution in [0.5, 0.6) is 0 Å². The number of hydrogen-bond donors (Lipinski definition) is 1. The lowest BCUT2D eigenvalue weighted by Gasteiger charge is -2.12. The van der Waals surface area contributed by atoms with E-state index in [2.05, 4.69) is 0 Å². The van der Waals surface area contributed by atoms with Gasteiger partial charge in [-0.2, -0.15) is 11.8 Å². The van der Waals surface area contributed by atoms with E-state index in [4.69, 9.17) is 0 Å². The summed E-state index contributed by atoms with van der Waals surface area (Å²) in [5.41, 5.74) is 0. The van der Waals surface area contributed by atoms with Gasteiger partial charge in [0, 0.05) is 10.5 Å². The van der Waals surface area contributed by atoms with Crippen molar-refractivity contribution in [2.45, 2.75) is 35.9 Å². The summed E-state index contributed by atoms with van der Waals surface area (Å²) in [4.78, 5) is 0. The molecule has 2 fully saturated rings. The minimum atomic E-state index is 0.0405. The fourth-order valence-corrected chi connectivity index (χ4v) is 2.67. The molecule has 1 aliphatic heterocycles. The molecule has 1 saturated heterocycles. The summed E-state index contributed by atoms with van der Waals surface area (Å²) in [6, 6.07) is 0. The Kier molecular flexibility index (Phi) is 1.05. The summed E-state index contributed by atoms with van der Waals surface area (Å²) in [5, 5.41) is 10.7. The first-order valence-electron chi connectivity index (χ1n) is 3.21. The molecule has 0 bridgehead atoms. The molecule has 0 radical (unpaired) electrons. The zero-order valence-electron chi connectivity index (χ0n) is 4.71. The molecule has 1 N–H and O–H groups in total. The lowest BCUT2D eigenvalue weighted by Crippen LogP contribution is -2.20. The molecule has 1 nitrogen and oxygen atoms in total. The minimum absolute atomic E-state index is 0.0405. The van der Waals surface area contributed by atoms with E-state index < -0.39 is 0 Å². The Balaban J connectivity index is 1.99. The summed E-state index contributed by atoms with van der Waals surface area (Å²) in [6.07, 6.45) is 3.69. The van der Waals surface area contributed by atoms with Crippen LogP contribution in [0.4, 0.5) is 0 Å². The van der Waals surface area contributed by atoms with Gasteiger partial charge < -0.3 is 5.11 Å². The summed E-state index contributed by atoms with van der Waals surface area (Å²) >= 11 is 1.96. The lowest BCUT2D eigenvalue weighted by atomic mass is 9.98. The summed E-state index contributed by atoms with van der Waals surface area (Å²) in [6.45, 7) is 0. The maximum Gasteiger partial charge on any atom is 0.0669 e. The number of aliphatic hydroxyl groups is 1. The maximum atomic E-state index is 9.20. The van der Waals surface area contributed by atoms with Crippen LogP contribution in [0.3, 0.4) is 0 Å². The van der Waals surface area contributed by atoms with E-state index in [0.717, 1.165) is 11.7 Å². The highest BCUT2D eigenvalue weighted by molar-refractivity contribution is 8.07. The van der Waals surface area contributed by atoms with E-state index in [1.807, 2.05) is 11.8 Å². The quantitative estimate of drug-likeness (QED) is 0.494. The highest BCUT2D eigenvalue weighted by atomic mass is 32.2. The molecule has 2 heteroatoms. The Hall–Kier alpha value is 0.310. The van der Waals surface area contributed by atoms with Crippen molar-refractivity contribution in [2.24, 2.45) is 0 Å². The fraction of sp³-hybridized carbons (Fsp3) is 1.00. The van der Waals surface area contributed by atoms with Crippen LogP contribution in [0.25, 0.3) is 0 Å². The Morgan fingerprint density at radius 1 is 1.38 bits per heavy atom. The average Bonchev–Trinajstić information content (AvgIpc) is 2.45. The van der Waals surface area contributed by atoms with E-state index in [0.29, 0.717) is 5.25 Å². The van der Waals surface area contributed by atoms with E-state index in [9.17, 15) is 5.11 Å². The summed E-state index contributed by atoms with van der Waals surface area (Å²) in [7, 11) is 0. The van der Waals surface area contributed by atoms with E-state index >= 15 is 0 Å². The van der Waals surface area contributed by atoms with Crippen molar-refractivity contribution in [3.63, 3.8) is 0 Å². The van der Waals surface area contributed by atoms with Crippen molar-refractivity contribution < 1.29 is 5.11 Å². The van der Waals surface area contributed by atoms with Gasteiger partial charge in [-0.15, -0.1) is 0 Å². The van der Waals surface area contributed by atoms with Gasteiger partial charge in [0.2, 0.25) is 0 Å². The van der Waals surface area contributed by atoms with Crippen LogP contribution >= 0.6 is 11.8 Å². The number of fused-ring (bicyclic) bond motifs is 1. The fourth-order valence-electron chi connectivity index (χ4n) is 1.42. The van der Waals surface area contributed by atoms with Crippen molar-refractivity contribution in [1.29, 1.82) is 0 Å². The van der Waals surface area contributed by atoms with Crippen LogP contribution in [-0.2, 0) is 0 Å². The molecule has 0 spiro atoms. The van der Waals surface area contributed by atoms with Crippen molar-refractivity contribution >= 4 is 11.8 Å². The van der Waals surface area contributed by atoms with Gasteiger partial charge in [-0.25, -0.2) is 0 Å². The van der Waals surface area contributed by atoms with Gasteiger partial charge in [0.25, 0.3) is 0 Å². The second-order valence-electron chi connectivity index (χ2n) is 2.64. The zero-order valence-corrected chi connectivity index (χ0v) is 5.53. The molecular formula is C6H10OS. The first-order chi connectivity index (χ1) is 3.88. The van der Waals surface area contributed by atoms with Gasteiger partial charge in [0.1, 0.15) is 0 Å². The topological polar surface area (TPSA) is 20.2 Å². The van der Waals surface area contributed by atoms with Crippen LogP contribution in [0.2, 0.25) is 0 Å². The van der Waals surface area contributed by atoms with Crippen molar-refractivity contribution in [2.75, 3.05) is 0 Å². The number of aliphatic hydroxyl groups excluding tert-OH is 1. The largest absolute Gasteiger partial charge is 0.392 e. The first-order valence-corrected chi connectivity index (χ1v) is 4.16. The number of hydrogen-bond acceptors (Lipinski definition) is 2. The van der Waals surface area contributed by atoms with E-state index in [1.165, 1.54) is 12.8 Å². The molecule has 1 saturated carbocycles. The number of rotatable bonds is 0. The smallest absolute Gasteiger partial charge is 0.0669 e. The molecular weight excluding hydrogens is 120 g/mol. The van der Waals surface area contributed by atoms with Gasteiger partial charge in [-0.3, -0.25) is 0 Å². The second kappa shape index (κ2) is 1.64. The predicted octanol–water partition coefficient (Wildman–Crippen LogP) is 1.02. The van der Waals surface area contributed by atoms with Crippen LogP contribution in [0.1, 0.15) is 19.3 Å². The molecule has 2 aliphatic rings. The van der Waals surface area contributed by atoms with E-state index in [1.54, 1.807) is 0 Å². The van der Waals surface area contributed by atoms with Crippen LogP contribution in [-0.4, -0.2) is 21.7 Å². The standard InChI is InChI=1S/C6H10OS/c7-4-2-1-3-5-6(4)8-5/h4-7H,1-3H2. The zero-order chi connectivity index (χ0) is 5.56. The third kappa shape index (κ3) is 0.669. The Labute approximate surface area is 53.5 Å². The molecule has 1 heterocycles. The number of thioether (sulfide) groups is 1. The molecule has 0 aromatic carbocycles. The van der Waals surface area contributed by atoms with Crippen LogP contribution < -0.4 is 0 Å². The summed E-state index contributed by atoms with van der Waals surface area (Å²) in [5.74, 6) is 0. The molecule has 3 atom stereocenters. The lowest BCUT2D eigenvalue weighted by molar-refractivity contribution is 0.151. The summed E-state index contributed by atoms with van der Waals surface area (Å²) < 4.78 is 0. The maximum absolute atomic E-state index is 9.20. The van der Waals surface area contributed by atoms with Crippen molar-refractivity contribution in [3.05, 3.63) is 0 Å². The van der Waals surface area contributed by atoms with Crippen molar-refractivity contribution in [3.8, 4) is 0 Å². The van der Waals surface area contributed by atoms with Crippen LogP contribution in [0, 0.1) is 0 Å². The van der Waals surface area contributed by atoms with Gasteiger partial charge in [0.15, 0.2) is 0 Å². The first kappa shape index (κ1) is 5.12. The average molecular weight is 130 g/mol. The third-order valence-electron chi connectivity index (χ3n) is 1.99. The van der Waals surface area contributed by atoms with Gasteiger partial charge >= 0.3 is 0 Å². The molecule has 0 aromatic rings. The SMILES string of the molecule is OC1CCCC2SC12. The second-order valence-corrected chi connectivity index (χ2v) is 4.06. The van der Waals surface area contributed by atoms with Gasteiger partial charge in [0.05, 0.1) is 6.10 Å². The van der Waals surface area contributed by atoms with Crippen molar-refractivity contribution in [1.82, 2.24) is 0 Å². The van der Waals surface area contributed by atoms with Crippen LogP contribution in [0.15, 0.2) is 0 Å². The molecule has 2 rings (SSSR count). The van der Waals surface area contributed by atoms with Gasteiger partial charge in [-0.1, -0.05) is 0 Å². The monoisotopic (exact) mass is 130 g/mol. The highest BCUT2D eigenvalue weighted by Gasteiger charge is 2.45. The van der Waals surface area contributed by atoms with E-state index in [-0.39, 0.29) is 6.10 Å². The highest BCUT2D eigenvalue weighted by Crippen LogP contribution is 2.50.